The van der Waals surface area contributed by atoms with Gasteiger partial charge in [0, 0.05) is 27.9 Å². The second-order valence-electron chi connectivity index (χ2n) is 4.77. The van der Waals surface area contributed by atoms with Crippen LogP contribution in [0.2, 0.25) is 0 Å². The van der Waals surface area contributed by atoms with Crippen LogP contribution in [0.1, 0.15) is 12.5 Å². The van der Waals surface area contributed by atoms with E-state index in [2.05, 4.69) is 36.6 Å². The second kappa shape index (κ2) is 5.90. The minimum atomic E-state index is 0.178. The summed E-state index contributed by atoms with van der Waals surface area (Å²) in [6.07, 6.45) is 0.590. The van der Waals surface area contributed by atoms with Gasteiger partial charge in [-0.15, -0.1) is 23.1 Å². The normalized spacial score (nSPS) is 23.6. The lowest BCUT2D eigenvalue weighted by Crippen LogP contribution is -2.32. The average Bonchev–Trinajstić information content (AvgIpc) is 2.83. The van der Waals surface area contributed by atoms with Crippen molar-refractivity contribution in [2.24, 2.45) is 0 Å². The summed E-state index contributed by atoms with van der Waals surface area (Å²) in [5, 5.41) is 4.03. The highest BCUT2D eigenvalue weighted by molar-refractivity contribution is 8.07. The third-order valence-electron chi connectivity index (χ3n) is 3.43. The van der Waals surface area contributed by atoms with E-state index in [9.17, 15) is 4.79 Å². The van der Waals surface area contributed by atoms with Crippen LogP contribution in [-0.4, -0.2) is 27.8 Å². The van der Waals surface area contributed by atoms with Crippen LogP contribution in [0.3, 0.4) is 0 Å². The molecule has 3 rings (SSSR count). The van der Waals surface area contributed by atoms with Crippen LogP contribution in [0, 0.1) is 0 Å². The summed E-state index contributed by atoms with van der Waals surface area (Å²) >= 11 is 5.51. The number of benzene rings is 1. The Hall–Kier alpha value is -0.450. The van der Waals surface area contributed by atoms with Crippen molar-refractivity contribution in [3.8, 4) is 0 Å². The van der Waals surface area contributed by atoms with Crippen molar-refractivity contribution in [2.45, 2.75) is 23.8 Å². The molecule has 1 aliphatic rings. The molecule has 0 N–H and O–H groups in total. The van der Waals surface area contributed by atoms with Gasteiger partial charge in [-0.3, -0.25) is 4.79 Å². The molecule has 1 nitrogen and oxygen atoms in total. The smallest absolute Gasteiger partial charge is 0.151 e. The number of fused-ring (bicyclic) bond motifs is 1. The molecule has 4 heteroatoms. The first kappa shape index (κ1) is 13.5. The lowest BCUT2D eigenvalue weighted by molar-refractivity contribution is -0.117. The molecule has 0 aliphatic carbocycles. The molecule has 0 saturated carbocycles. The van der Waals surface area contributed by atoms with E-state index >= 15 is 0 Å². The number of rotatable bonds is 3. The van der Waals surface area contributed by atoms with E-state index in [1.165, 1.54) is 21.4 Å². The van der Waals surface area contributed by atoms with Crippen molar-refractivity contribution in [1.82, 2.24) is 0 Å². The second-order valence-corrected chi connectivity index (χ2v) is 8.41. The minimum absolute atomic E-state index is 0.178. The molecule has 1 saturated heterocycles. The molecule has 1 aromatic carbocycles. The van der Waals surface area contributed by atoms with Gasteiger partial charge in [0.05, 0.1) is 5.25 Å². The zero-order valence-electron chi connectivity index (χ0n) is 10.8. The first-order valence-corrected chi connectivity index (χ1v) is 9.44. The highest BCUT2D eigenvalue weighted by Crippen LogP contribution is 2.33. The molecule has 0 amide bonds. The Morgan fingerprint density at radius 2 is 2.05 bits per heavy atom. The molecule has 19 heavy (non-hydrogen) atoms. The zero-order valence-corrected chi connectivity index (χ0v) is 13.2. The number of thioether (sulfide) groups is 2. The largest absolute Gasteiger partial charge is 0.298 e. The fourth-order valence-corrected chi connectivity index (χ4v) is 6.14. The van der Waals surface area contributed by atoms with Crippen LogP contribution in [-0.2, 0) is 11.2 Å². The number of carbonyl (C=O) groups excluding carboxylic acids is 1. The van der Waals surface area contributed by atoms with Gasteiger partial charge in [0.15, 0.2) is 5.78 Å². The summed E-state index contributed by atoms with van der Waals surface area (Å²) < 4.78 is 1.28. The Morgan fingerprint density at radius 3 is 2.89 bits per heavy atom. The maximum Gasteiger partial charge on any atom is 0.151 e. The summed E-state index contributed by atoms with van der Waals surface area (Å²) in [6.45, 7) is 2.19. The Balaban J connectivity index is 1.79. The van der Waals surface area contributed by atoms with Crippen LogP contribution in [0.5, 0.6) is 0 Å². The van der Waals surface area contributed by atoms with Gasteiger partial charge in [-0.2, -0.15) is 11.8 Å². The Morgan fingerprint density at radius 1 is 1.26 bits per heavy atom. The third-order valence-corrected chi connectivity index (χ3v) is 7.58. The van der Waals surface area contributed by atoms with Crippen LogP contribution in [0.4, 0.5) is 0 Å². The SMILES string of the molecule is CC1SCCSC1C(=O)Cc1csc2ccccc12. The highest BCUT2D eigenvalue weighted by atomic mass is 32.2. The standard InChI is InChI=1S/C15H16OS3/c1-10-15(18-7-6-17-10)13(16)8-11-9-19-14-5-3-2-4-12(11)14/h2-5,9-10,15H,6-8H2,1H3. The van der Waals surface area contributed by atoms with E-state index in [1.54, 1.807) is 11.3 Å². The van der Waals surface area contributed by atoms with Crippen LogP contribution in [0.15, 0.2) is 29.6 Å². The topological polar surface area (TPSA) is 17.1 Å². The quantitative estimate of drug-likeness (QED) is 0.844. The highest BCUT2D eigenvalue weighted by Gasteiger charge is 2.29. The fourth-order valence-electron chi connectivity index (χ4n) is 2.44. The van der Waals surface area contributed by atoms with Gasteiger partial charge in [0.1, 0.15) is 0 Å². The number of hydrogen-bond donors (Lipinski definition) is 0. The molecule has 2 aromatic rings. The van der Waals surface area contributed by atoms with Crippen LogP contribution in [0.25, 0.3) is 10.1 Å². The van der Waals surface area contributed by atoms with Gasteiger partial charge in [-0.25, -0.2) is 0 Å². The van der Waals surface area contributed by atoms with Gasteiger partial charge in [0.25, 0.3) is 0 Å². The monoisotopic (exact) mass is 308 g/mol. The lowest BCUT2D eigenvalue weighted by atomic mass is 10.0. The average molecular weight is 308 g/mol. The number of carbonyl (C=O) groups is 1. The molecule has 1 aliphatic heterocycles. The molecule has 0 radical (unpaired) electrons. The number of thiophene rings is 1. The molecular formula is C15H16OS3. The summed E-state index contributed by atoms with van der Waals surface area (Å²) in [5.41, 5.74) is 1.20. The van der Waals surface area contributed by atoms with Gasteiger partial charge >= 0.3 is 0 Å². The Kier molecular flexibility index (Phi) is 4.20. The molecule has 1 fully saturated rings. The molecule has 0 spiro atoms. The van der Waals surface area contributed by atoms with E-state index in [0.717, 1.165) is 5.75 Å². The maximum atomic E-state index is 12.5. The van der Waals surface area contributed by atoms with Crippen molar-refractivity contribution < 1.29 is 4.79 Å². The van der Waals surface area contributed by atoms with Gasteiger partial charge in [-0.05, 0) is 22.4 Å². The molecule has 2 atom stereocenters. The molecule has 2 heterocycles. The molecule has 2 unspecified atom stereocenters. The van der Waals surface area contributed by atoms with Gasteiger partial charge in [0.2, 0.25) is 0 Å². The van der Waals surface area contributed by atoms with E-state index in [-0.39, 0.29) is 5.25 Å². The third kappa shape index (κ3) is 2.86. The van der Waals surface area contributed by atoms with E-state index in [1.807, 2.05) is 23.5 Å². The van der Waals surface area contributed by atoms with Gasteiger partial charge < -0.3 is 0 Å². The number of ketones is 1. The van der Waals surface area contributed by atoms with E-state index < -0.39 is 0 Å². The zero-order chi connectivity index (χ0) is 13.2. The Bertz CT molecular complexity index is 590. The van der Waals surface area contributed by atoms with E-state index in [0.29, 0.717) is 17.5 Å². The maximum absolute atomic E-state index is 12.5. The van der Waals surface area contributed by atoms with Gasteiger partial charge in [-0.1, -0.05) is 25.1 Å². The van der Waals surface area contributed by atoms with Crippen molar-refractivity contribution in [1.29, 1.82) is 0 Å². The Labute approximate surface area is 126 Å². The van der Waals surface area contributed by atoms with E-state index in [4.69, 9.17) is 0 Å². The summed E-state index contributed by atoms with van der Waals surface area (Å²) in [5.74, 6) is 2.68. The molecule has 100 valence electrons. The summed E-state index contributed by atoms with van der Waals surface area (Å²) in [4.78, 5) is 12.5. The summed E-state index contributed by atoms with van der Waals surface area (Å²) in [6, 6.07) is 8.36. The molecular weight excluding hydrogens is 292 g/mol. The lowest BCUT2D eigenvalue weighted by Gasteiger charge is -2.26. The first-order valence-electron chi connectivity index (χ1n) is 6.47. The van der Waals surface area contributed by atoms with Crippen molar-refractivity contribution in [2.75, 3.05) is 11.5 Å². The van der Waals surface area contributed by atoms with Crippen LogP contribution < -0.4 is 0 Å². The van der Waals surface area contributed by atoms with Crippen LogP contribution >= 0.6 is 34.9 Å². The van der Waals surface area contributed by atoms with Crippen molar-refractivity contribution in [3.63, 3.8) is 0 Å². The first-order chi connectivity index (χ1) is 9.25. The number of Topliss-reactive ketones (excluding diaryl/α,β-unsaturated/α-hetero) is 1. The molecule has 1 aromatic heterocycles. The minimum Gasteiger partial charge on any atom is -0.298 e. The van der Waals surface area contributed by atoms with Crippen molar-refractivity contribution in [3.05, 3.63) is 35.2 Å². The molecule has 0 bridgehead atoms. The number of hydrogen-bond acceptors (Lipinski definition) is 4. The van der Waals surface area contributed by atoms with Crippen molar-refractivity contribution >= 4 is 50.7 Å². The fraction of sp³-hybridized carbons (Fsp3) is 0.400. The predicted molar refractivity (Wildman–Crippen MR) is 88.7 cm³/mol. The summed E-state index contributed by atoms with van der Waals surface area (Å²) in [7, 11) is 0. The predicted octanol–water partition coefficient (Wildman–Crippen LogP) is 4.25.